The Kier molecular flexibility index (Phi) is 8.51. The molecule has 0 fully saturated rings. The van der Waals surface area contributed by atoms with E-state index in [4.69, 9.17) is 0 Å². The lowest BCUT2D eigenvalue weighted by molar-refractivity contribution is -0.138. The first-order valence-corrected chi connectivity index (χ1v) is 10.4. The van der Waals surface area contributed by atoms with Gasteiger partial charge in [0.15, 0.2) is 0 Å². The summed E-state index contributed by atoms with van der Waals surface area (Å²) >= 11 is 1.41. The molecule has 0 aliphatic carbocycles. The number of aryl methyl sites for hydroxylation is 1. The highest BCUT2D eigenvalue weighted by Gasteiger charge is 2.26. The van der Waals surface area contributed by atoms with Crippen LogP contribution in [0.5, 0.6) is 0 Å². The van der Waals surface area contributed by atoms with E-state index in [1.807, 2.05) is 38.1 Å². The minimum atomic E-state index is -0.683. The highest BCUT2D eigenvalue weighted by atomic mass is 32.2. The Bertz CT molecular complexity index is 795. The highest BCUT2D eigenvalue weighted by molar-refractivity contribution is 8.00. The molecule has 0 saturated carbocycles. The summed E-state index contributed by atoms with van der Waals surface area (Å²) in [7, 11) is 0. The molecule has 2 amide bonds. The van der Waals surface area contributed by atoms with Gasteiger partial charge in [-0.25, -0.2) is 4.39 Å². The van der Waals surface area contributed by atoms with Crippen molar-refractivity contribution in [3.63, 3.8) is 0 Å². The quantitative estimate of drug-likeness (QED) is 0.641. The molecule has 28 heavy (non-hydrogen) atoms. The fourth-order valence-corrected chi connectivity index (χ4v) is 3.44. The lowest BCUT2D eigenvalue weighted by Gasteiger charge is -2.29. The number of carbonyl (C=O) groups excluding carboxylic acids is 2. The number of benzene rings is 2. The van der Waals surface area contributed by atoms with Gasteiger partial charge in [-0.1, -0.05) is 42.8 Å². The Morgan fingerprint density at radius 1 is 1.14 bits per heavy atom. The second kappa shape index (κ2) is 10.9. The summed E-state index contributed by atoms with van der Waals surface area (Å²) in [4.78, 5) is 27.8. The number of nitrogens with one attached hydrogen (secondary N) is 1. The summed E-state index contributed by atoms with van der Waals surface area (Å²) in [5.41, 5.74) is 1.55. The second-order valence-electron chi connectivity index (χ2n) is 6.68. The molecule has 0 aliphatic rings. The van der Waals surface area contributed by atoms with Gasteiger partial charge in [-0.3, -0.25) is 9.59 Å². The molecule has 1 N–H and O–H groups in total. The third-order valence-corrected chi connectivity index (χ3v) is 5.40. The number of halogens is 1. The van der Waals surface area contributed by atoms with Crippen molar-refractivity contribution in [3.05, 3.63) is 65.5 Å². The molecule has 4 nitrogen and oxygen atoms in total. The zero-order valence-corrected chi connectivity index (χ0v) is 17.4. The number of hydrogen-bond acceptors (Lipinski definition) is 3. The van der Waals surface area contributed by atoms with Gasteiger partial charge < -0.3 is 10.2 Å². The van der Waals surface area contributed by atoms with Crippen molar-refractivity contribution in [1.29, 1.82) is 0 Å². The molecule has 6 heteroatoms. The zero-order valence-electron chi connectivity index (χ0n) is 16.6. The van der Waals surface area contributed by atoms with Gasteiger partial charge in [0, 0.05) is 23.5 Å². The van der Waals surface area contributed by atoms with E-state index in [2.05, 4.69) is 5.32 Å². The van der Waals surface area contributed by atoms with Crippen LogP contribution in [0.1, 0.15) is 31.4 Å². The molecule has 0 aromatic heterocycles. The minimum absolute atomic E-state index is 0.0562. The van der Waals surface area contributed by atoms with Crippen LogP contribution < -0.4 is 5.32 Å². The molecule has 0 radical (unpaired) electrons. The lowest BCUT2D eigenvalue weighted by Crippen LogP contribution is -2.48. The van der Waals surface area contributed by atoms with E-state index in [-0.39, 0.29) is 29.9 Å². The fraction of sp³-hybridized carbons (Fsp3) is 0.364. The molecule has 2 aromatic rings. The second-order valence-corrected chi connectivity index (χ2v) is 7.73. The summed E-state index contributed by atoms with van der Waals surface area (Å²) in [5.74, 6) is -0.629. The highest BCUT2D eigenvalue weighted by Crippen LogP contribution is 2.20. The van der Waals surface area contributed by atoms with Crippen molar-refractivity contribution in [2.24, 2.45) is 0 Å². The fourth-order valence-electron chi connectivity index (χ4n) is 2.65. The van der Waals surface area contributed by atoms with Crippen LogP contribution >= 0.6 is 11.8 Å². The van der Waals surface area contributed by atoms with Crippen LogP contribution in [0.15, 0.2) is 53.4 Å². The summed E-state index contributed by atoms with van der Waals surface area (Å²) in [6.45, 7) is 6.25. The van der Waals surface area contributed by atoms with Crippen molar-refractivity contribution in [2.75, 3.05) is 12.3 Å². The summed E-state index contributed by atoms with van der Waals surface area (Å²) in [6, 6.07) is 13.6. The van der Waals surface area contributed by atoms with E-state index in [0.717, 1.165) is 16.9 Å². The largest absolute Gasteiger partial charge is 0.354 e. The van der Waals surface area contributed by atoms with E-state index >= 15 is 0 Å². The Balaban J connectivity index is 2.13. The van der Waals surface area contributed by atoms with E-state index in [9.17, 15) is 14.0 Å². The van der Waals surface area contributed by atoms with E-state index in [1.165, 1.54) is 22.7 Å². The smallest absolute Gasteiger partial charge is 0.242 e. The average Bonchev–Trinajstić information content (AvgIpc) is 2.70. The Labute approximate surface area is 170 Å². The van der Waals surface area contributed by atoms with Gasteiger partial charge in [-0.2, -0.15) is 0 Å². The molecule has 0 aliphatic heterocycles. The van der Waals surface area contributed by atoms with Gasteiger partial charge in [0.25, 0.3) is 0 Å². The van der Waals surface area contributed by atoms with Gasteiger partial charge in [-0.05, 0) is 38.5 Å². The van der Waals surface area contributed by atoms with Crippen molar-refractivity contribution in [2.45, 2.75) is 44.7 Å². The first kappa shape index (κ1) is 22.0. The van der Waals surface area contributed by atoms with Crippen LogP contribution in [0.2, 0.25) is 0 Å². The summed E-state index contributed by atoms with van der Waals surface area (Å²) < 4.78 is 14.1. The molecule has 2 rings (SSSR count). The summed E-state index contributed by atoms with van der Waals surface area (Å²) in [6.07, 6.45) is 0.809. The van der Waals surface area contributed by atoms with Crippen LogP contribution in [0.3, 0.4) is 0 Å². The van der Waals surface area contributed by atoms with Gasteiger partial charge in [0.2, 0.25) is 11.8 Å². The molecule has 2 aromatic carbocycles. The van der Waals surface area contributed by atoms with Crippen LogP contribution in [0, 0.1) is 12.7 Å². The van der Waals surface area contributed by atoms with Crippen molar-refractivity contribution < 1.29 is 14.0 Å². The molecule has 0 spiro atoms. The molecular formula is C22H27FN2O2S. The third-order valence-electron chi connectivity index (χ3n) is 4.40. The Morgan fingerprint density at radius 2 is 1.82 bits per heavy atom. The van der Waals surface area contributed by atoms with E-state index in [0.29, 0.717) is 12.1 Å². The lowest BCUT2D eigenvalue weighted by atomic mass is 10.1. The normalized spacial score (nSPS) is 11.7. The van der Waals surface area contributed by atoms with E-state index < -0.39 is 6.04 Å². The van der Waals surface area contributed by atoms with Gasteiger partial charge in [0.05, 0.1) is 5.75 Å². The van der Waals surface area contributed by atoms with Crippen LogP contribution in [0.25, 0.3) is 0 Å². The van der Waals surface area contributed by atoms with Gasteiger partial charge in [-0.15, -0.1) is 11.8 Å². The number of rotatable bonds is 9. The molecule has 0 saturated heterocycles. The maximum absolute atomic E-state index is 14.1. The van der Waals surface area contributed by atoms with Crippen molar-refractivity contribution >= 4 is 23.6 Å². The number of amides is 2. The number of carbonyl (C=O) groups is 2. The van der Waals surface area contributed by atoms with Gasteiger partial charge in [0.1, 0.15) is 11.9 Å². The number of hydrogen-bond donors (Lipinski definition) is 1. The maximum atomic E-state index is 14.1. The number of nitrogens with zero attached hydrogens (tertiary/aromatic N) is 1. The monoisotopic (exact) mass is 402 g/mol. The average molecular weight is 403 g/mol. The first-order chi connectivity index (χ1) is 13.4. The van der Waals surface area contributed by atoms with Crippen LogP contribution in [-0.4, -0.2) is 35.1 Å². The molecule has 0 unspecified atom stereocenters. The van der Waals surface area contributed by atoms with Crippen molar-refractivity contribution in [3.8, 4) is 0 Å². The van der Waals surface area contributed by atoms with Crippen LogP contribution in [0.4, 0.5) is 4.39 Å². The predicted octanol–water partition coefficient (Wildman–Crippen LogP) is 4.17. The first-order valence-electron chi connectivity index (χ1n) is 9.42. The molecular weight excluding hydrogens is 375 g/mol. The molecule has 0 bridgehead atoms. The summed E-state index contributed by atoms with van der Waals surface area (Å²) in [5, 5.41) is 2.81. The van der Waals surface area contributed by atoms with Gasteiger partial charge >= 0.3 is 0 Å². The standard InChI is InChI=1S/C22H27FN2O2S/c1-4-13-24-22(27)17(3)25(14-18-7-5-6-8-20(18)23)21(26)15-28-19-11-9-16(2)10-12-19/h5-12,17H,4,13-15H2,1-3H3,(H,24,27)/t17-/m1/s1. The third kappa shape index (κ3) is 6.37. The molecule has 150 valence electrons. The minimum Gasteiger partial charge on any atom is -0.354 e. The topological polar surface area (TPSA) is 49.4 Å². The number of thioether (sulfide) groups is 1. The maximum Gasteiger partial charge on any atom is 0.242 e. The predicted molar refractivity (Wildman–Crippen MR) is 112 cm³/mol. The Morgan fingerprint density at radius 3 is 2.46 bits per heavy atom. The molecule has 1 atom stereocenters. The molecule has 0 heterocycles. The SMILES string of the molecule is CCCNC(=O)[C@@H](C)N(Cc1ccccc1F)C(=O)CSc1ccc(C)cc1. The van der Waals surface area contributed by atoms with Crippen molar-refractivity contribution in [1.82, 2.24) is 10.2 Å². The van der Waals surface area contributed by atoms with Crippen LogP contribution in [-0.2, 0) is 16.1 Å². The van der Waals surface area contributed by atoms with E-state index in [1.54, 1.807) is 25.1 Å². The Hall–Kier alpha value is -2.34. The zero-order chi connectivity index (χ0) is 20.5.